The van der Waals surface area contributed by atoms with Gasteiger partial charge >= 0.3 is 0 Å². The maximum atomic E-state index is 12.9. The highest BCUT2D eigenvalue weighted by Crippen LogP contribution is 2.32. The zero-order valence-electron chi connectivity index (χ0n) is 17.9. The minimum absolute atomic E-state index is 0.00484. The molecule has 8 nitrogen and oxygen atoms in total. The third-order valence-corrected chi connectivity index (χ3v) is 5.69. The molecular formula is C22H31N3O5. The topological polar surface area (TPSA) is 97.0 Å². The Morgan fingerprint density at radius 3 is 2.37 bits per heavy atom. The number of nitrogens with one attached hydrogen (secondary N) is 2. The van der Waals surface area contributed by atoms with E-state index >= 15 is 0 Å². The van der Waals surface area contributed by atoms with Gasteiger partial charge < -0.3 is 25.0 Å². The summed E-state index contributed by atoms with van der Waals surface area (Å²) in [6.07, 6.45) is 3.76. The number of ether oxygens (including phenoxy) is 2. The van der Waals surface area contributed by atoms with Gasteiger partial charge in [-0.2, -0.15) is 0 Å². The minimum atomic E-state index is -0.712. The van der Waals surface area contributed by atoms with E-state index in [4.69, 9.17) is 9.47 Å². The number of benzene rings is 1. The van der Waals surface area contributed by atoms with Gasteiger partial charge in [0.15, 0.2) is 0 Å². The Morgan fingerprint density at radius 1 is 1.10 bits per heavy atom. The smallest absolute Gasteiger partial charge is 0.243 e. The van der Waals surface area contributed by atoms with Crippen LogP contribution in [0, 0.1) is 5.92 Å². The van der Waals surface area contributed by atoms with E-state index in [0.717, 1.165) is 31.2 Å². The normalized spacial score (nSPS) is 17.8. The number of hydrogen-bond donors (Lipinski definition) is 2. The summed E-state index contributed by atoms with van der Waals surface area (Å²) in [7, 11) is 3.13. The standard InChI is InChI=1S/C22H31N3O5/c1-14(26)23-19(12-16-6-7-18(29-2)13-20(16)30-3)21(27)24-17-8-10-25(11-9-17)22(28)15-4-5-15/h6-7,13,15,17,19H,4-5,8-12H2,1-3H3,(H,23,26)(H,24,27)/t19-/m1/s1. The molecular weight excluding hydrogens is 386 g/mol. The number of amides is 3. The van der Waals surface area contributed by atoms with Crippen molar-refractivity contribution in [3.05, 3.63) is 23.8 Å². The Kier molecular flexibility index (Phi) is 7.18. The molecule has 1 aromatic rings. The molecule has 0 radical (unpaired) electrons. The van der Waals surface area contributed by atoms with Gasteiger partial charge in [0.1, 0.15) is 17.5 Å². The van der Waals surface area contributed by atoms with Gasteiger partial charge in [0, 0.05) is 44.5 Å². The lowest BCUT2D eigenvalue weighted by molar-refractivity contribution is -0.134. The largest absolute Gasteiger partial charge is 0.497 e. The van der Waals surface area contributed by atoms with Crippen molar-refractivity contribution in [3.63, 3.8) is 0 Å². The number of carbonyl (C=O) groups excluding carboxylic acids is 3. The number of rotatable bonds is 8. The maximum absolute atomic E-state index is 12.9. The number of likely N-dealkylation sites (tertiary alicyclic amines) is 1. The highest BCUT2D eigenvalue weighted by molar-refractivity contribution is 5.87. The van der Waals surface area contributed by atoms with Crippen LogP contribution in [0.25, 0.3) is 0 Å². The fourth-order valence-corrected chi connectivity index (χ4v) is 3.83. The molecule has 164 valence electrons. The molecule has 1 heterocycles. The molecule has 1 aromatic carbocycles. The number of carbonyl (C=O) groups is 3. The molecule has 2 N–H and O–H groups in total. The van der Waals surface area contributed by atoms with E-state index in [9.17, 15) is 14.4 Å². The first-order chi connectivity index (χ1) is 14.4. The van der Waals surface area contributed by atoms with Crippen molar-refractivity contribution in [2.45, 2.75) is 51.1 Å². The van der Waals surface area contributed by atoms with Crippen LogP contribution in [0.4, 0.5) is 0 Å². The second-order valence-corrected chi connectivity index (χ2v) is 8.02. The predicted molar refractivity (Wildman–Crippen MR) is 111 cm³/mol. The highest BCUT2D eigenvalue weighted by atomic mass is 16.5. The summed E-state index contributed by atoms with van der Waals surface area (Å²) in [5, 5.41) is 5.80. The van der Waals surface area contributed by atoms with Crippen molar-refractivity contribution in [2.75, 3.05) is 27.3 Å². The van der Waals surface area contributed by atoms with Crippen LogP contribution in [0.15, 0.2) is 18.2 Å². The van der Waals surface area contributed by atoms with Crippen LogP contribution < -0.4 is 20.1 Å². The SMILES string of the molecule is COc1ccc(C[C@@H](NC(C)=O)C(=O)NC2CCN(C(=O)C3CC3)CC2)c(OC)c1. The molecule has 2 fully saturated rings. The summed E-state index contributed by atoms with van der Waals surface area (Å²) in [6, 6.07) is 4.67. The van der Waals surface area contributed by atoms with Gasteiger partial charge in [-0.1, -0.05) is 6.07 Å². The molecule has 1 aliphatic heterocycles. The van der Waals surface area contributed by atoms with Gasteiger partial charge in [-0.15, -0.1) is 0 Å². The van der Waals surface area contributed by atoms with Crippen molar-refractivity contribution < 1.29 is 23.9 Å². The number of nitrogens with zero attached hydrogens (tertiary/aromatic N) is 1. The average molecular weight is 418 g/mol. The van der Waals surface area contributed by atoms with Crippen LogP contribution in [-0.4, -0.2) is 62.0 Å². The summed E-state index contributed by atoms with van der Waals surface area (Å²) in [6.45, 7) is 2.72. The van der Waals surface area contributed by atoms with Gasteiger partial charge in [0.2, 0.25) is 17.7 Å². The molecule has 0 spiro atoms. The van der Waals surface area contributed by atoms with E-state index in [1.165, 1.54) is 6.92 Å². The van der Waals surface area contributed by atoms with Gasteiger partial charge in [-0.25, -0.2) is 0 Å². The molecule has 30 heavy (non-hydrogen) atoms. The molecule has 2 aliphatic rings. The van der Waals surface area contributed by atoms with Gasteiger partial charge in [-0.05, 0) is 37.3 Å². The van der Waals surface area contributed by atoms with Crippen molar-refractivity contribution in [2.24, 2.45) is 5.92 Å². The second kappa shape index (κ2) is 9.82. The first-order valence-corrected chi connectivity index (χ1v) is 10.5. The van der Waals surface area contributed by atoms with Gasteiger partial charge in [-0.3, -0.25) is 14.4 Å². The van der Waals surface area contributed by atoms with E-state index in [1.807, 2.05) is 11.0 Å². The quantitative estimate of drug-likeness (QED) is 0.664. The Morgan fingerprint density at radius 2 is 1.80 bits per heavy atom. The molecule has 1 atom stereocenters. The summed E-state index contributed by atoms with van der Waals surface area (Å²) in [5.74, 6) is 1.23. The van der Waals surface area contributed by atoms with Crippen LogP contribution in [0.5, 0.6) is 11.5 Å². The summed E-state index contributed by atoms with van der Waals surface area (Å²) < 4.78 is 10.6. The van der Waals surface area contributed by atoms with Crippen LogP contribution in [0.1, 0.15) is 38.2 Å². The number of hydrogen-bond acceptors (Lipinski definition) is 5. The maximum Gasteiger partial charge on any atom is 0.243 e. The van der Waals surface area contributed by atoms with Crippen LogP contribution in [0.2, 0.25) is 0 Å². The average Bonchev–Trinajstić information content (AvgIpc) is 3.58. The fraction of sp³-hybridized carbons (Fsp3) is 0.591. The lowest BCUT2D eigenvalue weighted by Gasteiger charge is -2.33. The zero-order chi connectivity index (χ0) is 21.7. The predicted octanol–water partition coefficient (Wildman–Crippen LogP) is 1.27. The molecule has 1 saturated carbocycles. The van der Waals surface area contributed by atoms with E-state index in [1.54, 1.807) is 26.4 Å². The fourth-order valence-electron chi connectivity index (χ4n) is 3.83. The van der Waals surface area contributed by atoms with E-state index < -0.39 is 6.04 Å². The number of methoxy groups -OCH3 is 2. The molecule has 1 aliphatic carbocycles. The van der Waals surface area contributed by atoms with Crippen LogP contribution in [0.3, 0.4) is 0 Å². The van der Waals surface area contributed by atoms with Gasteiger partial charge in [0.25, 0.3) is 0 Å². The number of piperidine rings is 1. The van der Waals surface area contributed by atoms with E-state index in [-0.39, 0.29) is 29.7 Å². The Balaban J connectivity index is 1.60. The molecule has 0 unspecified atom stereocenters. The Labute approximate surface area is 177 Å². The van der Waals surface area contributed by atoms with Crippen molar-refractivity contribution in [3.8, 4) is 11.5 Å². The first kappa shape index (κ1) is 21.9. The molecule has 3 rings (SSSR count). The highest BCUT2D eigenvalue weighted by Gasteiger charge is 2.35. The van der Waals surface area contributed by atoms with Crippen molar-refractivity contribution >= 4 is 17.7 Å². The van der Waals surface area contributed by atoms with Crippen molar-refractivity contribution in [1.82, 2.24) is 15.5 Å². The summed E-state index contributed by atoms with van der Waals surface area (Å²) in [4.78, 5) is 38.7. The minimum Gasteiger partial charge on any atom is -0.497 e. The van der Waals surface area contributed by atoms with Crippen LogP contribution >= 0.6 is 0 Å². The zero-order valence-corrected chi connectivity index (χ0v) is 17.9. The van der Waals surface area contributed by atoms with Crippen LogP contribution in [-0.2, 0) is 20.8 Å². The molecule has 8 heteroatoms. The molecule has 0 bridgehead atoms. The third-order valence-electron chi connectivity index (χ3n) is 5.69. The lowest BCUT2D eigenvalue weighted by Crippen LogP contribution is -2.53. The third kappa shape index (κ3) is 5.64. The lowest BCUT2D eigenvalue weighted by atomic mass is 10.0. The van der Waals surface area contributed by atoms with E-state index in [2.05, 4.69) is 10.6 Å². The Bertz CT molecular complexity index is 785. The van der Waals surface area contributed by atoms with Crippen molar-refractivity contribution in [1.29, 1.82) is 0 Å². The molecule has 0 aromatic heterocycles. The first-order valence-electron chi connectivity index (χ1n) is 10.5. The summed E-state index contributed by atoms with van der Waals surface area (Å²) in [5.41, 5.74) is 0.803. The summed E-state index contributed by atoms with van der Waals surface area (Å²) >= 11 is 0. The molecule has 1 saturated heterocycles. The van der Waals surface area contributed by atoms with Gasteiger partial charge in [0.05, 0.1) is 14.2 Å². The molecule has 3 amide bonds. The second-order valence-electron chi connectivity index (χ2n) is 8.02. The Hall–Kier alpha value is -2.77. The van der Waals surface area contributed by atoms with E-state index in [0.29, 0.717) is 31.0 Å². The monoisotopic (exact) mass is 417 g/mol.